The van der Waals surface area contributed by atoms with E-state index in [9.17, 15) is 18.4 Å². The van der Waals surface area contributed by atoms with Crippen molar-refractivity contribution in [1.82, 2.24) is 10.1 Å². The SMILES string of the molecule is O=C(Nc1onc2c1CSC2)C1CN(C(=O)c2ccc(F)c(F)c2)C1. The fourth-order valence-corrected chi connectivity index (χ4v) is 3.81. The number of carbonyl (C=O) groups is 2. The number of nitrogens with zero attached hydrogens (tertiary/aromatic N) is 2. The van der Waals surface area contributed by atoms with Crippen LogP contribution in [0.25, 0.3) is 0 Å². The van der Waals surface area contributed by atoms with Gasteiger partial charge in [-0.15, -0.1) is 0 Å². The van der Waals surface area contributed by atoms with Crippen LogP contribution in [0.1, 0.15) is 21.6 Å². The maximum absolute atomic E-state index is 13.2. The van der Waals surface area contributed by atoms with Gasteiger partial charge >= 0.3 is 0 Å². The minimum Gasteiger partial charge on any atom is -0.338 e. The van der Waals surface area contributed by atoms with Crippen molar-refractivity contribution in [2.24, 2.45) is 5.92 Å². The molecule has 4 rings (SSSR count). The Morgan fingerprint density at radius 2 is 2.04 bits per heavy atom. The van der Waals surface area contributed by atoms with Crippen LogP contribution in [0.5, 0.6) is 0 Å². The Labute approximate surface area is 145 Å². The molecule has 1 aromatic heterocycles. The molecule has 2 aliphatic rings. The van der Waals surface area contributed by atoms with E-state index >= 15 is 0 Å². The lowest BCUT2D eigenvalue weighted by atomic mass is 9.97. The Morgan fingerprint density at radius 1 is 1.24 bits per heavy atom. The van der Waals surface area contributed by atoms with Gasteiger partial charge < -0.3 is 9.42 Å². The van der Waals surface area contributed by atoms with Crippen LogP contribution < -0.4 is 5.32 Å². The van der Waals surface area contributed by atoms with Crippen molar-refractivity contribution in [2.75, 3.05) is 18.4 Å². The summed E-state index contributed by atoms with van der Waals surface area (Å²) in [5, 5.41) is 6.62. The predicted octanol–water partition coefficient (Wildman–Crippen LogP) is 2.41. The van der Waals surface area contributed by atoms with E-state index in [-0.39, 0.29) is 30.5 Å². The number of hydrogen-bond donors (Lipinski definition) is 1. The highest BCUT2D eigenvalue weighted by atomic mass is 32.2. The summed E-state index contributed by atoms with van der Waals surface area (Å²) < 4.78 is 31.3. The van der Waals surface area contributed by atoms with E-state index in [1.165, 1.54) is 11.0 Å². The number of likely N-dealkylation sites (tertiary alicyclic amines) is 1. The number of rotatable bonds is 3. The molecule has 130 valence electrons. The van der Waals surface area contributed by atoms with E-state index in [1.54, 1.807) is 11.8 Å². The van der Waals surface area contributed by atoms with E-state index < -0.39 is 17.5 Å². The number of anilines is 1. The first kappa shape index (κ1) is 16.1. The molecule has 25 heavy (non-hydrogen) atoms. The monoisotopic (exact) mass is 365 g/mol. The minimum atomic E-state index is -1.07. The number of nitrogens with one attached hydrogen (secondary N) is 1. The maximum atomic E-state index is 13.2. The van der Waals surface area contributed by atoms with Gasteiger partial charge in [0.05, 0.1) is 17.2 Å². The molecule has 1 saturated heterocycles. The third-order valence-electron chi connectivity index (χ3n) is 4.30. The van der Waals surface area contributed by atoms with Crippen LogP contribution in [0, 0.1) is 17.6 Å². The van der Waals surface area contributed by atoms with Crippen molar-refractivity contribution in [3.8, 4) is 0 Å². The molecular formula is C16H13F2N3O3S. The molecular weight excluding hydrogens is 352 g/mol. The van der Waals surface area contributed by atoms with Crippen molar-refractivity contribution >= 4 is 29.5 Å². The van der Waals surface area contributed by atoms with E-state index in [0.717, 1.165) is 34.9 Å². The second kappa shape index (κ2) is 6.14. The molecule has 6 nitrogen and oxygen atoms in total. The fourth-order valence-electron chi connectivity index (χ4n) is 2.79. The van der Waals surface area contributed by atoms with Crippen LogP contribution in [0.2, 0.25) is 0 Å². The summed E-state index contributed by atoms with van der Waals surface area (Å²) in [6.07, 6.45) is 0. The second-order valence-electron chi connectivity index (χ2n) is 5.95. The van der Waals surface area contributed by atoms with Gasteiger partial charge in [-0.2, -0.15) is 11.8 Å². The fraction of sp³-hybridized carbons (Fsp3) is 0.312. The number of amides is 2. The van der Waals surface area contributed by atoms with E-state index in [4.69, 9.17) is 4.52 Å². The predicted molar refractivity (Wildman–Crippen MR) is 85.9 cm³/mol. The molecule has 1 fully saturated rings. The highest BCUT2D eigenvalue weighted by molar-refractivity contribution is 7.98. The first-order valence-corrected chi connectivity index (χ1v) is 8.78. The topological polar surface area (TPSA) is 75.4 Å². The van der Waals surface area contributed by atoms with E-state index in [1.807, 2.05) is 0 Å². The molecule has 3 heterocycles. The second-order valence-corrected chi connectivity index (χ2v) is 6.94. The summed E-state index contributed by atoms with van der Waals surface area (Å²) in [4.78, 5) is 25.9. The molecule has 0 spiro atoms. The Hall–Kier alpha value is -2.42. The zero-order valence-electron chi connectivity index (χ0n) is 12.9. The summed E-state index contributed by atoms with van der Waals surface area (Å²) in [5.41, 5.74) is 1.82. The first-order valence-electron chi connectivity index (χ1n) is 7.63. The quantitative estimate of drug-likeness (QED) is 0.904. The number of fused-ring (bicyclic) bond motifs is 1. The van der Waals surface area contributed by atoms with Gasteiger partial charge in [-0.05, 0) is 18.2 Å². The largest absolute Gasteiger partial charge is 0.338 e. The number of halogens is 2. The van der Waals surface area contributed by atoms with Crippen molar-refractivity contribution in [1.29, 1.82) is 0 Å². The third-order valence-corrected chi connectivity index (χ3v) is 5.27. The lowest BCUT2D eigenvalue weighted by molar-refractivity contribution is -0.123. The Morgan fingerprint density at radius 3 is 2.80 bits per heavy atom. The molecule has 0 atom stereocenters. The van der Waals surface area contributed by atoms with Crippen LogP contribution in [0.15, 0.2) is 22.7 Å². The molecule has 9 heteroatoms. The average molecular weight is 365 g/mol. The average Bonchev–Trinajstić information content (AvgIpc) is 3.13. The lowest BCUT2D eigenvalue weighted by Crippen LogP contribution is -2.54. The number of thioether (sulfide) groups is 1. The van der Waals surface area contributed by atoms with E-state index in [0.29, 0.717) is 5.88 Å². The van der Waals surface area contributed by atoms with Crippen molar-refractivity contribution < 1.29 is 22.9 Å². The van der Waals surface area contributed by atoms with Crippen molar-refractivity contribution in [2.45, 2.75) is 11.5 Å². The molecule has 2 aromatic rings. The van der Waals surface area contributed by atoms with Gasteiger partial charge in [0.1, 0.15) is 0 Å². The summed E-state index contributed by atoms with van der Waals surface area (Å²) in [5.74, 6) is -1.23. The zero-order chi connectivity index (χ0) is 17.6. The molecule has 0 radical (unpaired) electrons. The Kier molecular flexibility index (Phi) is 3.95. The van der Waals surface area contributed by atoms with Crippen LogP contribution in [-0.2, 0) is 16.3 Å². The van der Waals surface area contributed by atoms with Gasteiger partial charge in [-0.3, -0.25) is 14.9 Å². The molecule has 0 saturated carbocycles. The molecule has 0 bridgehead atoms. The van der Waals surface area contributed by atoms with Crippen LogP contribution in [0.3, 0.4) is 0 Å². The summed E-state index contributed by atoms with van der Waals surface area (Å²) >= 11 is 1.70. The Balaban J connectivity index is 1.35. The molecule has 1 aromatic carbocycles. The minimum absolute atomic E-state index is 0.0582. The number of carbonyl (C=O) groups excluding carboxylic acids is 2. The normalized spacial score (nSPS) is 16.5. The lowest BCUT2D eigenvalue weighted by Gasteiger charge is -2.38. The van der Waals surface area contributed by atoms with Crippen LogP contribution >= 0.6 is 11.8 Å². The van der Waals surface area contributed by atoms with Gasteiger partial charge in [0.25, 0.3) is 5.91 Å². The number of hydrogen-bond acceptors (Lipinski definition) is 5. The third kappa shape index (κ3) is 2.88. The highest BCUT2D eigenvalue weighted by Gasteiger charge is 2.37. The first-order chi connectivity index (χ1) is 12.0. The van der Waals surface area contributed by atoms with Gasteiger partial charge in [-0.25, -0.2) is 8.78 Å². The molecule has 2 aliphatic heterocycles. The zero-order valence-corrected chi connectivity index (χ0v) is 13.7. The molecule has 0 unspecified atom stereocenters. The van der Waals surface area contributed by atoms with Crippen LogP contribution in [-0.4, -0.2) is 35.0 Å². The molecule has 2 amide bonds. The Bertz CT molecular complexity index is 864. The van der Waals surface area contributed by atoms with Crippen LogP contribution in [0.4, 0.5) is 14.7 Å². The summed E-state index contributed by atoms with van der Waals surface area (Å²) in [6, 6.07) is 3.00. The van der Waals surface area contributed by atoms with E-state index in [2.05, 4.69) is 10.5 Å². The maximum Gasteiger partial charge on any atom is 0.254 e. The van der Waals surface area contributed by atoms with Gasteiger partial charge in [0, 0.05) is 30.2 Å². The molecule has 1 N–H and O–H groups in total. The number of benzene rings is 1. The molecule has 0 aliphatic carbocycles. The van der Waals surface area contributed by atoms with Crippen molar-refractivity contribution in [3.63, 3.8) is 0 Å². The van der Waals surface area contributed by atoms with Crippen molar-refractivity contribution in [3.05, 3.63) is 46.7 Å². The highest BCUT2D eigenvalue weighted by Crippen LogP contribution is 2.35. The number of aromatic nitrogens is 1. The smallest absolute Gasteiger partial charge is 0.254 e. The van der Waals surface area contributed by atoms with Gasteiger partial charge in [0.2, 0.25) is 11.8 Å². The van der Waals surface area contributed by atoms with Gasteiger partial charge in [0.15, 0.2) is 11.6 Å². The standard InChI is InChI=1S/C16H13F2N3O3S/c17-11-2-1-8(3-12(11)18)16(23)21-4-9(5-21)14(22)19-15-10-6-25-7-13(10)20-24-15/h1-3,9H,4-7H2,(H,19,22). The summed E-state index contributed by atoms with van der Waals surface area (Å²) in [6.45, 7) is 0.434. The van der Waals surface area contributed by atoms with Gasteiger partial charge in [-0.1, -0.05) is 5.16 Å². The summed E-state index contributed by atoms with van der Waals surface area (Å²) in [7, 11) is 0.